The number of carbonyl (C=O) groups is 1. The summed E-state index contributed by atoms with van der Waals surface area (Å²) in [6, 6.07) is 16.5. The van der Waals surface area contributed by atoms with Crippen LogP contribution in [0.1, 0.15) is 36.8 Å². The lowest BCUT2D eigenvalue weighted by Crippen LogP contribution is -2.25. The van der Waals surface area contributed by atoms with E-state index in [0.29, 0.717) is 13.0 Å². The zero-order chi connectivity index (χ0) is 18.3. The second kappa shape index (κ2) is 8.78. The topological polar surface area (TPSA) is 89.3 Å². The van der Waals surface area contributed by atoms with Gasteiger partial charge in [-0.25, -0.2) is 13.6 Å². The number of sulfonamides is 1. The quantitative estimate of drug-likeness (QED) is 0.709. The summed E-state index contributed by atoms with van der Waals surface area (Å²) in [4.78, 5) is 12.1. The van der Waals surface area contributed by atoms with E-state index in [1.807, 2.05) is 37.3 Å². The molecule has 1 atom stereocenters. The van der Waals surface area contributed by atoms with Gasteiger partial charge >= 0.3 is 0 Å². The summed E-state index contributed by atoms with van der Waals surface area (Å²) < 4.78 is 22.4. The number of benzene rings is 2. The largest absolute Gasteiger partial charge is 0.356 e. The molecule has 0 aromatic heterocycles. The lowest BCUT2D eigenvalue weighted by Gasteiger charge is -2.12. The molecule has 5 nitrogen and oxygen atoms in total. The van der Waals surface area contributed by atoms with Gasteiger partial charge < -0.3 is 5.32 Å². The Labute approximate surface area is 149 Å². The summed E-state index contributed by atoms with van der Waals surface area (Å²) in [5, 5.41) is 8.00. The van der Waals surface area contributed by atoms with Gasteiger partial charge in [0.05, 0.1) is 4.90 Å². The van der Waals surface area contributed by atoms with Crippen molar-refractivity contribution in [1.82, 2.24) is 5.32 Å². The second-order valence-electron chi connectivity index (χ2n) is 6.16. The highest BCUT2D eigenvalue weighted by atomic mass is 32.2. The van der Waals surface area contributed by atoms with Gasteiger partial charge in [0.25, 0.3) is 0 Å². The lowest BCUT2D eigenvalue weighted by atomic mass is 9.97. The van der Waals surface area contributed by atoms with Crippen LogP contribution >= 0.6 is 0 Å². The fraction of sp³-hybridized carbons (Fsp3) is 0.316. The number of carbonyl (C=O) groups excluding carboxylic acids is 1. The number of primary sulfonamides is 1. The van der Waals surface area contributed by atoms with Crippen LogP contribution in [0.5, 0.6) is 0 Å². The monoisotopic (exact) mass is 360 g/mol. The van der Waals surface area contributed by atoms with Crippen LogP contribution in [0.15, 0.2) is 59.5 Å². The van der Waals surface area contributed by atoms with Crippen molar-refractivity contribution in [2.75, 3.05) is 6.54 Å². The Morgan fingerprint density at radius 1 is 1.08 bits per heavy atom. The van der Waals surface area contributed by atoms with Gasteiger partial charge in [-0.2, -0.15) is 0 Å². The molecule has 2 rings (SSSR count). The molecule has 3 N–H and O–H groups in total. The molecule has 0 radical (unpaired) electrons. The van der Waals surface area contributed by atoms with Gasteiger partial charge in [-0.05, 0) is 42.0 Å². The maximum atomic E-state index is 12.0. The Balaban J connectivity index is 1.71. The van der Waals surface area contributed by atoms with Crippen LogP contribution < -0.4 is 10.5 Å². The SMILES string of the molecule is CC(CC(=O)NCCCc1ccc(S(N)(=O)=O)cc1)c1ccccc1. The summed E-state index contributed by atoms with van der Waals surface area (Å²) in [5.74, 6) is 0.230. The van der Waals surface area contributed by atoms with E-state index in [0.717, 1.165) is 24.0 Å². The summed E-state index contributed by atoms with van der Waals surface area (Å²) in [6.45, 7) is 2.64. The van der Waals surface area contributed by atoms with Crippen LogP contribution in [0.4, 0.5) is 0 Å². The van der Waals surface area contributed by atoms with Crippen LogP contribution in [-0.2, 0) is 21.2 Å². The summed E-state index contributed by atoms with van der Waals surface area (Å²) in [7, 11) is -3.65. The highest BCUT2D eigenvalue weighted by molar-refractivity contribution is 7.89. The molecule has 25 heavy (non-hydrogen) atoms. The van der Waals surface area contributed by atoms with Crippen molar-refractivity contribution in [3.63, 3.8) is 0 Å². The van der Waals surface area contributed by atoms with Crippen LogP contribution in [0, 0.1) is 0 Å². The first-order chi connectivity index (χ1) is 11.9. The van der Waals surface area contributed by atoms with E-state index in [4.69, 9.17) is 5.14 Å². The van der Waals surface area contributed by atoms with Gasteiger partial charge in [-0.15, -0.1) is 0 Å². The third kappa shape index (κ3) is 6.32. The number of hydrogen-bond donors (Lipinski definition) is 2. The van der Waals surface area contributed by atoms with Crippen molar-refractivity contribution in [1.29, 1.82) is 0 Å². The number of rotatable bonds is 8. The molecule has 0 fully saturated rings. The van der Waals surface area contributed by atoms with Gasteiger partial charge in [0.15, 0.2) is 0 Å². The Morgan fingerprint density at radius 3 is 2.32 bits per heavy atom. The number of aryl methyl sites for hydroxylation is 1. The fourth-order valence-corrected chi connectivity index (χ4v) is 3.13. The molecule has 1 amide bonds. The van der Waals surface area contributed by atoms with Gasteiger partial charge in [-0.3, -0.25) is 4.79 Å². The molecule has 0 bridgehead atoms. The summed E-state index contributed by atoms with van der Waals surface area (Å²) >= 11 is 0. The van der Waals surface area contributed by atoms with E-state index in [2.05, 4.69) is 5.32 Å². The lowest BCUT2D eigenvalue weighted by molar-refractivity contribution is -0.121. The molecule has 0 aliphatic heterocycles. The van der Waals surface area contributed by atoms with Crippen molar-refractivity contribution in [3.8, 4) is 0 Å². The molecular weight excluding hydrogens is 336 g/mol. The molecule has 0 saturated heterocycles. The average Bonchev–Trinajstić information content (AvgIpc) is 2.59. The molecule has 0 heterocycles. The predicted octanol–water partition coefficient (Wildman–Crippen LogP) is 2.58. The third-order valence-electron chi connectivity index (χ3n) is 4.08. The van der Waals surface area contributed by atoms with E-state index in [1.54, 1.807) is 12.1 Å². The maximum Gasteiger partial charge on any atom is 0.238 e. The minimum absolute atomic E-state index is 0.0425. The molecule has 2 aromatic rings. The van der Waals surface area contributed by atoms with Crippen LogP contribution in [0.25, 0.3) is 0 Å². The van der Waals surface area contributed by atoms with Gasteiger partial charge in [0.1, 0.15) is 0 Å². The van der Waals surface area contributed by atoms with E-state index in [-0.39, 0.29) is 16.7 Å². The number of nitrogens with one attached hydrogen (secondary N) is 1. The zero-order valence-electron chi connectivity index (χ0n) is 14.3. The molecule has 0 aliphatic carbocycles. The first-order valence-electron chi connectivity index (χ1n) is 8.29. The number of nitrogens with two attached hydrogens (primary N) is 1. The third-order valence-corrected chi connectivity index (χ3v) is 5.01. The highest BCUT2D eigenvalue weighted by Gasteiger charge is 2.10. The molecule has 0 aliphatic rings. The van der Waals surface area contributed by atoms with E-state index >= 15 is 0 Å². The zero-order valence-corrected chi connectivity index (χ0v) is 15.1. The van der Waals surface area contributed by atoms with E-state index in [9.17, 15) is 13.2 Å². The van der Waals surface area contributed by atoms with Crippen molar-refractivity contribution in [2.45, 2.75) is 37.0 Å². The Kier molecular flexibility index (Phi) is 6.73. The van der Waals surface area contributed by atoms with Crippen molar-refractivity contribution < 1.29 is 13.2 Å². The molecule has 0 saturated carbocycles. The Hall–Kier alpha value is -2.18. The van der Waals surface area contributed by atoms with Gasteiger partial charge in [-0.1, -0.05) is 49.4 Å². The minimum atomic E-state index is -3.65. The standard InChI is InChI=1S/C19H24N2O3S/c1-15(17-7-3-2-4-8-17)14-19(22)21-13-5-6-16-9-11-18(12-10-16)25(20,23)24/h2-4,7-12,15H,5-6,13-14H2,1H3,(H,21,22)(H2,20,23,24). The fourth-order valence-electron chi connectivity index (χ4n) is 2.62. The number of hydrogen-bond acceptors (Lipinski definition) is 3. The van der Waals surface area contributed by atoms with E-state index < -0.39 is 10.0 Å². The highest BCUT2D eigenvalue weighted by Crippen LogP contribution is 2.18. The smallest absolute Gasteiger partial charge is 0.238 e. The molecule has 1 unspecified atom stereocenters. The number of amides is 1. The van der Waals surface area contributed by atoms with Gasteiger partial charge in [0.2, 0.25) is 15.9 Å². The van der Waals surface area contributed by atoms with E-state index in [1.165, 1.54) is 12.1 Å². The van der Waals surface area contributed by atoms with Crippen molar-refractivity contribution in [3.05, 3.63) is 65.7 Å². The maximum absolute atomic E-state index is 12.0. The molecule has 0 spiro atoms. The molecule has 2 aromatic carbocycles. The predicted molar refractivity (Wildman–Crippen MR) is 98.6 cm³/mol. The van der Waals surface area contributed by atoms with Crippen LogP contribution in [0.3, 0.4) is 0 Å². The first kappa shape index (κ1) is 19.1. The first-order valence-corrected chi connectivity index (χ1v) is 9.84. The molecular formula is C19H24N2O3S. The summed E-state index contributed by atoms with van der Waals surface area (Å²) in [6.07, 6.45) is 2.02. The van der Waals surface area contributed by atoms with Crippen LogP contribution in [-0.4, -0.2) is 20.9 Å². The van der Waals surface area contributed by atoms with Crippen molar-refractivity contribution in [2.24, 2.45) is 5.14 Å². The Morgan fingerprint density at radius 2 is 1.72 bits per heavy atom. The van der Waals surface area contributed by atoms with Gasteiger partial charge in [0, 0.05) is 13.0 Å². The normalized spacial score (nSPS) is 12.6. The molecule has 6 heteroatoms. The molecule has 134 valence electrons. The average molecular weight is 360 g/mol. The van der Waals surface area contributed by atoms with Crippen LogP contribution in [0.2, 0.25) is 0 Å². The Bertz CT molecular complexity index is 787. The van der Waals surface area contributed by atoms with Crippen molar-refractivity contribution >= 4 is 15.9 Å². The second-order valence-corrected chi connectivity index (χ2v) is 7.72. The summed E-state index contributed by atoms with van der Waals surface area (Å²) in [5.41, 5.74) is 2.17. The minimum Gasteiger partial charge on any atom is -0.356 e.